The van der Waals surface area contributed by atoms with E-state index in [2.05, 4.69) is 15.2 Å². The lowest BCUT2D eigenvalue weighted by atomic mass is 9.70. The van der Waals surface area contributed by atoms with E-state index in [9.17, 15) is 4.79 Å². The van der Waals surface area contributed by atoms with Crippen LogP contribution in [-0.4, -0.2) is 59.4 Å². The largest absolute Gasteiger partial charge is 0.376 e. The number of pyridine rings is 1. The van der Waals surface area contributed by atoms with Crippen molar-refractivity contribution in [3.05, 3.63) is 24.4 Å². The van der Waals surface area contributed by atoms with E-state index in [1.807, 2.05) is 18.2 Å². The fourth-order valence-corrected chi connectivity index (χ4v) is 4.82. The van der Waals surface area contributed by atoms with Gasteiger partial charge in [0, 0.05) is 18.7 Å². The van der Waals surface area contributed by atoms with E-state index in [4.69, 9.17) is 4.74 Å². The molecule has 2 saturated heterocycles. The molecule has 23 heavy (non-hydrogen) atoms. The Balaban J connectivity index is 1.34. The Morgan fingerprint density at radius 3 is 3.04 bits per heavy atom. The summed E-state index contributed by atoms with van der Waals surface area (Å²) in [5.74, 6) is 1.04. The summed E-state index contributed by atoms with van der Waals surface area (Å²) in [6.45, 7) is 3.13. The van der Waals surface area contributed by atoms with E-state index in [-0.39, 0.29) is 11.9 Å². The van der Waals surface area contributed by atoms with Gasteiger partial charge in [0.15, 0.2) is 0 Å². The zero-order valence-electron chi connectivity index (χ0n) is 13.2. The second-order valence-corrected chi connectivity index (χ2v) is 7.57. The number of ether oxygens (including phenoxy) is 1. The number of likely N-dealkylation sites (tertiary alicyclic amines) is 1. The van der Waals surface area contributed by atoms with Crippen LogP contribution in [0.15, 0.2) is 29.4 Å². The molecule has 3 aliphatic rings. The quantitative estimate of drug-likeness (QED) is 0.829. The molecule has 1 N–H and O–H groups in total. The van der Waals surface area contributed by atoms with Crippen LogP contribution in [0.2, 0.25) is 0 Å². The third-order valence-electron chi connectivity index (χ3n) is 5.23. The molecule has 0 radical (unpaired) electrons. The number of rotatable bonds is 5. The molecule has 1 aliphatic carbocycles. The Morgan fingerprint density at radius 1 is 1.39 bits per heavy atom. The molecule has 4 atom stereocenters. The topological polar surface area (TPSA) is 54.5 Å². The van der Waals surface area contributed by atoms with Gasteiger partial charge in [0.1, 0.15) is 0 Å². The van der Waals surface area contributed by atoms with Crippen molar-refractivity contribution < 1.29 is 9.53 Å². The first-order valence-electron chi connectivity index (χ1n) is 8.52. The van der Waals surface area contributed by atoms with Gasteiger partial charge in [-0.05, 0) is 44.5 Å². The van der Waals surface area contributed by atoms with Crippen molar-refractivity contribution in [2.75, 3.05) is 25.4 Å². The maximum atomic E-state index is 12.3. The van der Waals surface area contributed by atoms with Crippen LogP contribution < -0.4 is 5.32 Å². The van der Waals surface area contributed by atoms with Crippen LogP contribution in [0.3, 0.4) is 0 Å². The standard InChI is InChI=1S/C17H23N3O2S/c21-13(11-23-14-5-1-2-7-18-14)19-15-12-6-10-22-17(12)16(15)20-8-3-4-9-20/h1-2,5,7,12,15-17H,3-4,6,8-11H2,(H,19,21). The molecule has 1 aromatic rings. The van der Waals surface area contributed by atoms with E-state index in [1.54, 1.807) is 6.20 Å². The first kappa shape index (κ1) is 15.4. The van der Waals surface area contributed by atoms with Gasteiger partial charge < -0.3 is 10.1 Å². The van der Waals surface area contributed by atoms with Crippen molar-refractivity contribution in [3.63, 3.8) is 0 Å². The van der Waals surface area contributed by atoms with Gasteiger partial charge in [-0.25, -0.2) is 4.98 Å². The van der Waals surface area contributed by atoms with Crippen LogP contribution >= 0.6 is 11.8 Å². The highest BCUT2D eigenvalue weighted by Gasteiger charge is 2.56. The van der Waals surface area contributed by atoms with Gasteiger partial charge in [-0.1, -0.05) is 17.8 Å². The molecule has 1 aromatic heterocycles. The number of aromatic nitrogens is 1. The summed E-state index contributed by atoms with van der Waals surface area (Å²) in [5, 5.41) is 4.17. The lowest BCUT2D eigenvalue weighted by molar-refractivity contribution is -0.126. The van der Waals surface area contributed by atoms with Crippen LogP contribution in [0, 0.1) is 5.92 Å². The summed E-state index contributed by atoms with van der Waals surface area (Å²) in [6, 6.07) is 6.42. The number of thioether (sulfide) groups is 1. The molecule has 3 heterocycles. The fraction of sp³-hybridized carbons (Fsp3) is 0.647. The van der Waals surface area contributed by atoms with Crippen molar-refractivity contribution in [3.8, 4) is 0 Å². The number of carbonyl (C=O) groups is 1. The average Bonchev–Trinajstić information content (AvgIpc) is 3.23. The van der Waals surface area contributed by atoms with Crippen LogP contribution in [0.4, 0.5) is 0 Å². The van der Waals surface area contributed by atoms with Crippen LogP contribution in [0.5, 0.6) is 0 Å². The van der Waals surface area contributed by atoms with Crippen molar-refractivity contribution in [1.82, 2.24) is 15.2 Å². The number of hydrogen-bond acceptors (Lipinski definition) is 5. The van der Waals surface area contributed by atoms with Crippen molar-refractivity contribution in [1.29, 1.82) is 0 Å². The molecule has 6 heteroatoms. The molecule has 1 saturated carbocycles. The number of nitrogens with one attached hydrogen (secondary N) is 1. The summed E-state index contributed by atoms with van der Waals surface area (Å²) in [5.41, 5.74) is 0. The molecular weight excluding hydrogens is 310 g/mol. The Labute approximate surface area is 141 Å². The van der Waals surface area contributed by atoms with Crippen LogP contribution in [0.1, 0.15) is 19.3 Å². The number of nitrogens with zero attached hydrogens (tertiary/aromatic N) is 2. The average molecular weight is 333 g/mol. The molecule has 4 rings (SSSR count). The summed E-state index contributed by atoms with van der Waals surface area (Å²) < 4.78 is 5.91. The van der Waals surface area contributed by atoms with E-state index < -0.39 is 0 Å². The number of carbonyl (C=O) groups excluding carboxylic acids is 1. The second-order valence-electron chi connectivity index (χ2n) is 6.57. The predicted molar refractivity (Wildman–Crippen MR) is 89.3 cm³/mol. The lowest BCUT2D eigenvalue weighted by Crippen LogP contribution is -2.70. The molecule has 124 valence electrons. The minimum Gasteiger partial charge on any atom is -0.376 e. The molecule has 4 unspecified atom stereocenters. The SMILES string of the molecule is O=C(CSc1ccccn1)NC1C2CCOC2C1N1CCCC1. The monoisotopic (exact) mass is 333 g/mol. The maximum Gasteiger partial charge on any atom is 0.230 e. The van der Waals surface area contributed by atoms with Gasteiger partial charge in [-0.15, -0.1) is 0 Å². The van der Waals surface area contributed by atoms with Gasteiger partial charge >= 0.3 is 0 Å². The Morgan fingerprint density at radius 2 is 2.26 bits per heavy atom. The molecule has 0 aromatic carbocycles. The van der Waals surface area contributed by atoms with Crippen LogP contribution in [0.25, 0.3) is 0 Å². The fourth-order valence-electron chi connectivity index (χ4n) is 4.14. The summed E-state index contributed by atoms with van der Waals surface area (Å²) in [7, 11) is 0. The van der Waals surface area contributed by atoms with E-state index in [1.165, 1.54) is 24.6 Å². The maximum absolute atomic E-state index is 12.3. The van der Waals surface area contributed by atoms with E-state index >= 15 is 0 Å². The summed E-state index contributed by atoms with van der Waals surface area (Å²) in [4.78, 5) is 19.1. The normalized spacial score (nSPS) is 33.2. The minimum atomic E-state index is 0.111. The van der Waals surface area contributed by atoms with Gasteiger partial charge in [0.05, 0.1) is 29.0 Å². The molecular formula is C17H23N3O2S. The van der Waals surface area contributed by atoms with Crippen LogP contribution in [-0.2, 0) is 9.53 Å². The third-order valence-corrected chi connectivity index (χ3v) is 6.17. The highest BCUT2D eigenvalue weighted by Crippen LogP contribution is 2.42. The molecule has 3 fully saturated rings. The molecule has 2 aliphatic heterocycles. The van der Waals surface area contributed by atoms with Gasteiger partial charge in [-0.2, -0.15) is 0 Å². The summed E-state index contributed by atoms with van der Waals surface area (Å²) >= 11 is 1.50. The predicted octanol–water partition coefficient (Wildman–Crippen LogP) is 1.54. The molecule has 0 spiro atoms. The smallest absolute Gasteiger partial charge is 0.230 e. The lowest BCUT2D eigenvalue weighted by Gasteiger charge is -2.51. The first-order valence-corrected chi connectivity index (χ1v) is 9.50. The number of amides is 1. The molecule has 0 bridgehead atoms. The Kier molecular flexibility index (Phi) is 4.55. The summed E-state index contributed by atoms with van der Waals surface area (Å²) in [6.07, 6.45) is 5.71. The van der Waals surface area contributed by atoms with Crippen molar-refractivity contribution >= 4 is 17.7 Å². The molecule has 1 amide bonds. The second kappa shape index (κ2) is 6.79. The van der Waals surface area contributed by atoms with Gasteiger partial charge in [0.25, 0.3) is 0 Å². The Hall–Kier alpha value is -1.11. The number of fused-ring (bicyclic) bond motifs is 1. The van der Waals surface area contributed by atoms with E-state index in [0.717, 1.165) is 31.1 Å². The Bertz CT molecular complexity index is 545. The van der Waals surface area contributed by atoms with E-state index in [0.29, 0.717) is 23.8 Å². The highest BCUT2D eigenvalue weighted by atomic mass is 32.2. The van der Waals surface area contributed by atoms with Crippen molar-refractivity contribution in [2.24, 2.45) is 5.92 Å². The first-order chi connectivity index (χ1) is 11.3. The zero-order chi connectivity index (χ0) is 15.6. The van der Waals surface area contributed by atoms with Gasteiger partial charge in [-0.3, -0.25) is 9.69 Å². The third kappa shape index (κ3) is 3.12. The van der Waals surface area contributed by atoms with Gasteiger partial charge in [0.2, 0.25) is 5.91 Å². The molecule has 5 nitrogen and oxygen atoms in total. The zero-order valence-corrected chi connectivity index (χ0v) is 14.0. The highest BCUT2D eigenvalue weighted by molar-refractivity contribution is 7.99. The van der Waals surface area contributed by atoms with Crippen molar-refractivity contribution in [2.45, 2.75) is 42.5 Å². The minimum absolute atomic E-state index is 0.111. The number of hydrogen-bond donors (Lipinski definition) is 1.